The lowest BCUT2D eigenvalue weighted by atomic mass is 10.5. The summed E-state index contributed by atoms with van der Waals surface area (Å²) >= 11 is 0. The summed E-state index contributed by atoms with van der Waals surface area (Å²) in [5, 5.41) is 8.45. The molecule has 0 aromatic carbocycles. The molecule has 0 heterocycles. The van der Waals surface area contributed by atoms with Gasteiger partial charge in [0.15, 0.2) is 0 Å². The van der Waals surface area contributed by atoms with E-state index in [2.05, 4.69) is 4.90 Å². The quantitative estimate of drug-likeness (QED) is 0.166. The van der Waals surface area contributed by atoms with E-state index in [-0.39, 0.29) is 13.0 Å². The molecule has 0 saturated carbocycles. The second kappa shape index (κ2) is 26.4. The summed E-state index contributed by atoms with van der Waals surface area (Å²) in [7, 11) is 4.03. The average Bonchev–Trinajstić information content (AvgIpc) is 2.75. The zero-order valence-electron chi connectivity index (χ0n) is 19.8. The standard InChI is InChI=1S/C21H43NO10/c1-22(2)4-6-26-8-10-28-12-14-30-16-18-32-20-19-31-17-15-29-13-11-27-9-7-25-5-3-21(23)24/h3-20H2,1-2H3,(H,23,24). The van der Waals surface area contributed by atoms with Crippen molar-refractivity contribution in [2.45, 2.75) is 6.42 Å². The summed E-state index contributed by atoms with van der Waals surface area (Å²) in [6.45, 7) is 8.85. The molecule has 0 bridgehead atoms. The molecule has 32 heavy (non-hydrogen) atoms. The van der Waals surface area contributed by atoms with E-state index in [1.54, 1.807) is 0 Å². The number of nitrogens with zero attached hydrogens (tertiary/aromatic N) is 1. The van der Waals surface area contributed by atoms with Crippen LogP contribution in [0.1, 0.15) is 6.42 Å². The minimum Gasteiger partial charge on any atom is -0.481 e. The van der Waals surface area contributed by atoms with Gasteiger partial charge in [0, 0.05) is 6.54 Å². The molecule has 0 aliphatic carbocycles. The number of ether oxygens (including phenoxy) is 8. The summed E-state index contributed by atoms with van der Waals surface area (Å²) in [5.74, 6) is -0.868. The maximum absolute atomic E-state index is 10.3. The Morgan fingerprint density at radius 3 is 1.00 bits per heavy atom. The Bertz CT molecular complexity index is 388. The van der Waals surface area contributed by atoms with E-state index in [0.717, 1.165) is 6.54 Å². The monoisotopic (exact) mass is 469 g/mol. The fourth-order valence-corrected chi connectivity index (χ4v) is 2.05. The number of likely N-dealkylation sites (N-methyl/N-ethyl adjacent to an activating group) is 1. The number of carboxylic acids is 1. The Hall–Kier alpha value is -0.890. The number of carbonyl (C=O) groups is 1. The molecule has 0 spiro atoms. The van der Waals surface area contributed by atoms with Crippen molar-refractivity contribution < 1.29 is 47.8 Å². The van der Waals surface area contributed by atoms with Crippen LogP contribution in [0, 0.1) is 0 Å². The lowest BCUT2D eigenvalue weighted by molar-refractivity contribution is -0.138. The lowest BCUT2D eigenvalue weighted by Gasteiger charge is -2.10. The van der Waals surface area contributed by atoms with Gasteiger partial charge in [0.1, 0.15) is 0 Å². The van der Waals surface area contributed by atoms with E-state index in [1.165, 1.54) is 0 Å². The molecule has 0 unspecified atom stereocenters. The topological polar surface area (TPSA) is 114 Å². The summed E-state index contributed by atoms with van der Waals surface area (Å²) in [5.41, 5.74) is 0. The maximum Gasteiger partial charge on any atom is 0.305 e. The van der Waals surface area contributed by atoms with E-state index in [1.807, 2.05) is 14.1 Å². The first-order valence-electron chi connectivity index (χ1n) is 11.1. The van der Waals surface area contributed by atoms with Crippen LogP contribution in [-0.2, 0) is 42.7 Å². The molecule has 0 aromatic heterocycles. The number of rotatable bonds is 27. The van der Waals surface area contributed by atoms with Crippen molar-refractivity contribution in [3.63, 3.8) is 0 Å². The van der Waals surface area contributed by atoms with Gasteiger partial charge in [-0.25, -0.2) is 0 Å². The molecule has 0 aromatic rings. The average molecular weight is 470 g/mol. The Labute approximate surface area is 192 Å². The third-order valence-corrected chi connectivity index (χ3v) is 3.75. The van der Waals surface area contributed by atoms with Gasteiger partial charge in [0.2, 0.25) is 0 Å². The SMILES string of the molecule is CN(C)CCOCCOCCOCCOCCOCCOCCOCCOCCC(=O)O. The van der Waals surface area contributed by atoms with Crippen LogP contribution in [0.5, 0.6) is 0 Å². The van der Waals surface area contributed by atoms with Crippen LogP contribution in [0.15, 0.2) is 0 Å². The van der Waals surface area contributed by atoms with Crippen molar-refractivity contribution in [3.05, 3.63) is 0 Å². The largest absolute Gasteiger partial charge is 0.481 e. The van der Waals surface area contributed by atoms with Gasteiger partial charge >= 0.3 is 5.97 Å². The van der Waals surface area contributed by atoms with E-state index >= 15 is 0 Å². The van der Waals surface area contributed by atoms with Gasteiger partial charge in [-0.3, -0.25) is 4.79 Å². The third kappa shape index (κ3) is 29.1. The van der Waals surface area contributed by atoms with Crippen LogP contribution in [-0.4, -0.2) is 142 Å². The lowest BCUT2D eigenvalue weighted by Crippen LogP contribution is -2.19. The van der Waals surface area contributed by atoms with Gasteiger partial charge in [-0.15, -0.1) is 0 Å². The number of hydrogen-bond donors (Lipinski definition) is 1. The fraction of sp³-hybridized carbons (Fsp3) is 0.952. The first-order chi connectivity index (χ1) is 15.6. The Morgan fingerprint density at radius 2 is 0.750 bits per heavy atom. The molecular formula is C21H43NO10. The van der Waals surface area contributed by atoms with Crippen LogP contribution in [0.25, 0.3) is 0 Å². The first-order valence-corrected chi connectivity index (χ1v) is 11.1. The molecule has 0 fully saturated rings. The first kappa shape index (κ1) is 31.1. The van der Waals surface area contributed by atoms with Crippen molar-refractivity contribution in [3.8, 4) is 0 Å². The van der Waals surface area contributed by atoms with Gasteiger partial charge in [0.25, 0.3) is 0 Å². The predicted molar refractivity (Wildman–Crippen MR) is 117 cm³/mol. The van der Waals surface area contributed by atoms with Crippen LogP contribution in [0.4, 0.5) is 0 Å². The van der Waals surface area contributed by atoms with Crippen LogP contribution in [0.3, 0.4) is 0 Å². The molecule has 0 aliphatic rings. The molecule has 192 valence electrons. The van der Waals surface area contributed by atoms with E-state index in [9.17, 15) is 4.79 Å². The third-order valence-electron chi connectivity index (χ3n) is 3.75. The normalized spacial score (nSPS) is 11.5. The Kier molecular flexibility index (Phi) is 25.6. The van der Waals surface area contributed by atoms with E-state index in [4.69, 9.17) is 43.0 Å². The molecule has 1 N–H and O–H groups in total. The summed E-state index contributed by atoms with van der Waals surface area (Å²) in [4.78, 5) is 12.4. The van der Waals surface area contributed by atoms with E-state index in [0.29, 0.717) is 99.1 Å². The summed E-state index contributed by atoms with van der Waals surface area (Å²) in [6.07, 6.45) is 0.00583. The van der Waals surface area contributed by atoms with Crippen molar-refractivity contribution in [2.24, 2.45) is 0 Å². The van der Waals surface area contributed by atoms with Crippen molar-refractivity contribution in [1.82, 2.24) is 4.90 Å². The van der Waals surface area contributed by atoms with Crippen molar-refractivity contribution in [2.75, 3.05) is 126 Å². The van der Waals surface area contributed by atoms with Gasteiger partial charge in [-0.2, -0.15) is 0 Å². The number of aliphatic carboxylic acids is 1. The smallest absolute Gasteiger partial charge is 0.305 e. The van der Waals surface area contributed by atoms with Gasteiger partial charge in [0.05, 0.1) is 112 Å². The van der Waals surface area contributed by atoms with Gasteiger partial charge in [-0.1, -0.05) is 0 Å². The van der Waals surface area contributed by atoms with Crippen molar-refractivity contribution in [1.29, 1.82) is 0 Å². The predicted octanol–water partition coefficient (Wildman–Crippen LogP) is 0.156. The highest BCUT2D eigenvalue weighted by atomic mass is 16.6. The molecule has 11 nitrogen and oxygen atoms in total. The molecule has 0 amide bonds. The van der Waals surface area contributed by atoms with E-state index < -0.39 is 5.97 Å². The summed E-state index contributed by atoms with van der Waals surface area (Å²) < 4.78 is 42.8. The molecule has 0 saturated heterocycles. The van der Waals surface area contributed by atoms with Crippen LogP contribution >= 0.6 is 0 Å². The zero-order chi connectivity index (χ0) is 23.5. The fourth-order valence-electron chi connectivity index (χ4n) is 2.05. The molecular weight excluding hydrogens is 426 g/mol. The molecule has 0 aliphatic heterocycles. The minimum atomic E-state index is -0.868. The zero-order valence-corrected chi connectivity index (χ0v) is 19.8. The molecule has 0 radical (unpaired) electrons. The summed E-state index contributed by atoms with van der Waals surface area (Å²) in [6, 6.07) is 0. The van der Waals surface area contributed by atoms with Gasteiger partial charge < -0.3 is 47.9 Å². The Balaban J connectivity index is 3.02. The molecule has 11 heteroatoms. The number of hydrogen-bond acceptors (Lipinski definition) is 10. The highest BCUT2D eigenvalue weighted by Gasteiger charge is 1.97. The van der Waals surface area contributed by atoms with Crippen LogP contribution < -0.4 is 0 Å². The molecule has 0 atom stereocenters. The number of carboxylic acid groups (broad SMARTS) is 1. The minimum absolute atomic E-state index is 0.00583. The van der Waals surface area contributed by atoms with Crippen molar-refractivity contribution >= 4 is 5.97 Å². The Morgan fingerprint density at radius 1 is 0.500 bits per heavy atom. The van der Waals surface area contributed by atoms with Crippen LogP contribution in [0.2, 0.25) is 0 Å². The molecule has 0 rings (SSSR count). The second-order valence-corrected chi connectivity index (χ2v) is 6.85. The highest BCUT2D eigenvalue weighted by molar-refractivity contribution is 5.66. The maximum atomic E-state index is 10.3. The van der Waals surface area contributed by atoms with Gasteiger partial charge in [-0.05, 0) is 14.1 Å². The highest BCUT2D eigenvalue weighted by Crippen LogP contribution is 1.87. The second-order valence-electron chi connectivity index (χ2n) is 6.85.